The van der Waals surface area contributed by atoms with Crippen molar-refractivity contribution in [1.82, 2.24) is 0 Å². The largest absolute Gasteiger partial charge is 0.545 e. The summed E-state index contributed by atoms with van der Waals surface area (Å²) in [4.78, 5) is 36.6. The lowest BCUT2D eigenvalue weighted by molar-refractivity contribution is -0.870. The molecule has 0 rings (SSSR count). The minimum Gasteiger partial charge on any atom is -0.545 e. The van der Waals surface area contributed by atoms with Gasteiger partial charge in [-0.2, -0.15) is 0 Å². The third kappa shape index (κ3) is 32.6. The smallest absolute Gasteiger partial charge is 0.306 e. The first-order chi connectivity index (χ1) is 23.1. The standard InChI is InChI=1S/C39H73NO8/c1-6-8-10-12-14-15-16-17-18-19-20-21-22-24-26-28-30-37(42)48-35(33-46-36(41)29-27-25-23-13-11-9-7-2)34-47-39(38(43)44)45-32-31-40(3,4)5/h18-19,35,39H,6-17,20-34H2,1-5H3/b19-18-. The molecule has 0 aromatic heterocycles. The number of unbranched alkanes of at least 4 members (excludes halogenated alkanes) is 18. The molecule has 0 aliphatic carbocycles. The van der Waals surface area contributed by atoms with Crippen molar-refractivity contribution in [1.29, 1.82) is 0 Å². The molecule has 9 nitrogen and oxygen atoms in total. The number of ether oxygens (including phenoxy) is 4. The first kappa shape index (κ1) is 46.0. The van der Waals surface area contributed by atoms with Gasteiger partial charge >= 0.3 is 11.9 Å². The number of aliphatic carboxylic acids is 1. The van der Waals surface area contributed by atoms with Crippen molar-refractivity contribution in [3.63, 3.8) is 0 Å². The number of carboxylic acid groups (broad SMARTS) is 1. The predicted molar refractivity (Wildman–Crippen MR) is 191 cm³/mol. The van der Waals surface area contributed by atoms with Crippen LogP contribution in [0.3, 0.4) is 0 Å². The highest BCUT2D eigenvalue weighted by Crippen LogP contribution is 2.13. The van der Waals surface area contributed by atoms with Crippen LogP contribution < -0.4 is 5.11 Å². The van der Waals surface area contributed by atoms with Gasteiger partial charge in [-0.25, -0.2) is 0 Å². The van der Waals surface area contributed by atoms with Gasteiger partial charge in [0.15, 0.2) is 12.4 Å². The highest BCUT2D eigenvalue weighted by molar-refractivity contribution is 5.70. The Morgan fingerprint density at radius 3 is 1.54 bits per heavy atom. The predicted octanol–water partition coefficient (Wildman–Crippen LogP) is 7.83. The van der Waals surface area contributed by atoms with E-state index < -0.39 is 24.3 Å². The zero-order valence-electron chi connectivity index (χ0n) is 31.6. The van der Waals surface area contributed by atoms with E-state index >= 15 is 0 Å². The van der Waals surface area contributed by atoms with Crippen LogP contribution in [0.1, 0.15) is 162 Å². The second-order valence-electron chi connectivity index (χ2n) is 14.2. The number of quaternary nitrogens is 1. The van der Waals surface area contributed by atoms with Gasteiger partial charge in [-0.1, -0.05) is 122 Å². The van der Waals surface area contributed by atoms with Gasteiger partial charge in [-0.05, 0) is 38.5 Å². The van der Waals surface area contributed by atoms with Crippen molar-refractivity contribution < 1.29 is 42.9 Å². The van der Waals surface area contributed by atoms with Gasteiger partial charge < -0.3 is 33.3 Å². The molecule has 0 bridgehead atoms. The summed E-state index contributed by atoms with van der Waals surface area (Å²) in [6.07, 6.45) is 26.9. The molecule has 48 heavy (non-hydrogen) atoms. The van der Waals surface area contributed by atoms with Crippen molar-refractivity contribution in [3.05, 3.63) is 12.2 Å². The Morgan fingerprint density at radius 1 is 0.604 bits per heavy atom. The van der Waals surface area contributed by atoms with Gasteiger partial charge in [0, 0.05) is 12.8 Å². The molecular formula is C39H73NO8. The summed E-state index contributed by atoms with van der Waals surface area (Å²) in [5.74, 6) is -2.30. The van der Waals surface area contributed by atoms with E-state index in [2.05, 4.69) is 26.0 Å². The lowest BCUT2D eigenvalue weighted by Crippen LogP contribution is -2.44. The van der Waals surface area contributed by atoms with E-state index in [1.165, 1.54) is 77.0 Å². The lowest BCUT2D eigenvalue weighted by atomic mass is 10.1. The lowest BCUT2D eigenvalue weighted by Gasteiger charge is -2.26. The maximum atomic E-state index is 12.6. The minimum atomic E-state index is -1.61. The van der Waals surface area contributed by atoms with Gasteiger partial charge in [0.1, 0.15) is 13.2 Å². The molecule has 0 fully saturated rings. The molecule has 0 saturated carbocycles. The van der Waals surface area contributed by atoms with Crippen molar-refractivity contribution in [2.75, 3.05) is 47.5 Å². The third-order valence-corrected chi connectivity index (χ3v) is 8.26. The number of rotatable bonds is 35. The van der Waals surface area contributed by atoms with Crippen molar-refractivity contribution >= 4 is 17.9 Å². The van der Waals surface area contributed by atoms with Gasteiger partial charge in [0.25, 0.3) is 0 Å². The summed E-state index contributed by atoms with van der Waals surface area (Å²) in [6, 6.07) is 0. The van der Waals surface area contributed by atoms with Crippen LogP contribution in [-0.2, 0) is 33.3 Å². The van der Waals surface area contributed by atoms with E-state index in [1.54, 1.807) is 0 Å². The van der Waals surface area contributed by atoms with Gasteiger partial charge in [-0.15, -0.1) is 0 Å². The molecule has 0 saturated heterocycles. The zero-order chi connectivity index (χ0) is 35.7. The molecule has 0 aromatic rings. The van der Waals surface area contributed by atoms with Crippen molar-refractivity contribution in [2.45, 2.75) is 174 Å². The maximum absolute atomic E-state index is 12.6. The van der Waals surface area contributed by atoms with Crippen molar-refractivity contribution in [3.8, 4) is 0 Å². The van der Waals surface area contributed by atoms with E-state index in [-0.39, 0.29) is 32.2 Å². The number of carbonyl (C=O) groups excluding carboxylic acids is 3. The molecule has 0 amide bonds. The molecule has 0 aliphatic rings. The molecule has 0 N–H and O–H groups in total. The van der Waals surface area contributed by atoms with Gasteiger partial charge in [0.05, 0.1) is 40.3 Å². The SMILES string of the molecule is CCCCCCCCC/C=C\CCCCCCCC(=O)OC(COC(=O)CCCCCCCCC)COC(OCC[N+](C)(C)C)C(=O)[O-]. The molecule has 0 aromatic carbocycles. The summed E-state index contributed by atoms with van der Waals surface area (Å²) in [5.41, 5.74) is 0. The molecule has 0 spiro atoms. The van der Waals surface area contributed by atoms with E-state index in [9.17, 15) is 19.5 Å². The summed E-state index contributed by atoms with van der Waals surface area (Å²) in [7, 11) is 5.89. The third-order valence-electron chi connectivity index (χ3n) is 8.26. The van der Waals surface area contributed by atoms with Crippen molar-refractivity contribution in [2.24, 2.45) is 0 Å². The number of hydrogen-bond acceptors (Lipinski definition) is 8. The first-order valence-corrected chi connectivity index (χ1v) is 19.3. The van der Waals surface area contributed by atoms with Gasteiger partial charge in [0.2, 0.25) is 0 Å². The summed E-state index contributed by atoms with van der Waals surface area (Å²) < 4.78 is 22.4. The molecular weight excluding hydrogens is 610 g/mol. The number of hydrogen-bond donors (Lipinski definition) is 0. The molecule has 2 unspecified atom stereocenters. The molecule has 9 heteroatoms. The highest BCUT2D eigenvalue weighted by Gasteiger charge is 2.21. The van der Waals surface area contributed by atoms with Crippen LogP contribution in [-0.4, -0.2) is 82.3 Å². The first-order valence-electron chi connectivity index (χ1n) is 19.3. The Morgan fingerprint density at radius 2 is 1.06 bits per heavy atom. The Hall–Kier alpha value is -1.97. The van der Waals surface area contributed by atoms with E-state index in [1.807, 2.05) is 21.1 Å². The molecule has 2 atom stereocenters. The summed E-state index contributed by atoms with van der Waals surface area (Å²) in [5, 5.41) is 11.6. The van der Waals surface area contributed by atoms with E-state index in [0.717, 1.165) is 51.4 Å². The summed E-state index contributed by atoms with van der Waals surface area (Å²) in [6.45, 7) is 4.66. The average molecular weight is 684 g/mol. The Labute approximate surface area is 294 Å². The fourth-order valence-corrected chi connectivity index (χ4v) is 5.17. The Balaban J connectivity index is 4.47. The second kappa shape index (κ2) is 32.2. The minimum absolute atomic E-state index is 0.148. The molecule has 0 aliphatic heterocycles. The number of esters is 2. The van der Waals surface area contributed by atoms with Crippen LogP contribution in [0.4, 0.5) is 0 Å². The second-order valence-corrected chi connectivity index (χ2v) is 14.2. The van der Waals surface area contributed by atoms with Crippen LogP contribution in [0, 0.1) is 0 Å². The van der Waals surface area contributed by atoms with Gasteiger partial charge in [-0.3, -0.25) is 9.59 Å². The normalized spacial score (nSPS) is 13.1. The topological polar surface area (TPSA) is 111 Å². The van der Waals surface area contributed by atoms with Crippen LogP contribution in [0.5, 0.6) is 0 Å². The number of carboxylic acids is 1. The number of allylic oxidation sites excluding steroid dienone is 2. The molecule has 282 valence electrons. The average Bonchev–Trinajstić information content (AvgIpc) is 3.03. The fourth-order valence-electron chi connectivity index (χ4n) is 5.17. The number of nitrogens with zero attached hydrogens (tertiary/aromatic N) is 1. The fraction of sp³-hybridized carbons (Fsp3) is 0.872. The Bertz CT molecular complexity index is 810. The maximum Gasteiger partial charge on any atom is 0.306 e. The van der Waals surface area contributed by atoms with Crippen LogP contribution >= 0.6 is 0 Å². The van der Waals surface area contributed by atoms with E-state index in [4.69, 9.17) is 18.9 Å². The van der Waals surface area contributed by atoms with E-state index in [0.29, 0.717) is 23.9 Å². The van der Waals surface area contributed by atoms with Crippen LogP contribution in [0.25, 0.3) is 0 Å². The number of likely N-dealkylation sites (N-methyl/N-ethyl adjacent to an activating group) is 1. The molecule has 0 heterocycles. The quantitative estimate of drug-likeness (QED) is 0.0219. The summed E-state index contributed by atoms with van der Waals surface area (Å²) >= 11 is 0. The monoisotopic (exact) mass is 684 g/mol. The highest BCUT2D eigenvalue weighted by atomic mass is 16.7. The zero-order valence-corrected chi connectivity index (χ0v) is 31.6. The molecule has 0 radical (unpaired) electrons. The Kier molecular flexibility index (Phi) is 30.9. The number of carbonyl (C=O) groups is 3. The van der Waals surface area contributed by atoms with Crippen LogP contribution in [0.15, 0.2) is 12.2 Å². The van der Waals surface area contributed by atoms with Crippen LogP contribution in [0.2, 0.25) is 0 Å².